The first-order valence-corrected chi connectivity index (χ1v) is 3.98. The standard InChI is InChI=1S/C6H9ClN4/c7-6-10-9-5-2-1-4(8)3-11(5)6/h4H,1-3,8H2. The van der Waals surface area contributed by atoms with E-state index < -0.39 is 0 Å². The fourth-order valence-corrected chi connectivity index (χ4v) is 1.52. The molecule has 0 amide bonds. The Hall–Kier alpha value is -0.610. The lowest BCUT2D eigenvalue weighted by Gasteiger charge is -2.19. The lowest BCUT2D eigenvalue weighted by atomic mass is 10.1. The van der Waals surface area contributed by atoms with Crippen molar-refractivity contribution in [3.8, 4) is 0 Å². The molecule has 0 bridgehead atoms. The molecule has 2 N–H and O–H groups in total. The average Bonchev–Trinajstić information content (AvgIpc) is 2.33. The van der Waals surface area contributed by atoms with Crippen molar-refractivity contribution in [3.63, 3.8) is 0 Å². The van der Waals surface area contributed by atoms with Crippen LogP contribution in [0.4, 0.5) is 0 Å². The second-order valence-electron chi connectivity index (χ2n) is 2.79. The first-order chi connectivity index (χ1) is 5.27. The number of hydrogen-bond donors (Lipinski definition) is 1. The molecule has 1 unspecified atom stereocenters. The van der Waals surface area contributed by atoms with Gasteiger partial charge in [0.2, 0.25) is 5.28 Å². The zero-order valence-corrected chi connectivity index (χ0v) is 6.75. The topological polar surface area (TPSA) is 56.7 Å². The van der Waals surface area contributed by atoms with Crippen molar-refractivity contribution < 1.29 is 0 Å². The van der Waals surface area contributed by atoms with Crippen molar-refractivity contribution in [3.05, 3.63) is 11.1 Å². The van der Waals surface area contributed by atoms with E-state index in [9.17, 15) is 0 Å². The summed E-state index contributed by atoms with van der Waals surface area (Å²) in [4.78, 5) is 0. The highest BCUT2D eigenvalue weighted by molar-refractivity contribution is 6.28. The maximum Gasteiger partial charge on any atom is 0.225 e. The monoisotopic (exact) mass is 172 g/mol. The van der Waals surface area contributed by atoms with E-state index in [-0.39, 0.29) is 6.04 Å². The van der Waals surface area contributed by atoms with Gasteiger partial charge in [-0.25, -0.2) is 0 Å². The largest absolute Gasteiger partial charge is 0.326 e. The number of rotatable bonds is 0. The van der Waals surface area contributed by atoms with E-state index in [2.05, 4.69) is 10.2 Å². The van der Waals surface area contributed by atoms with Crippen LogP contribution in [0.2, 0.25) is 5.28 Å². The van der Waals surface area contributed by atoms with Gasteiger partial charge in [-0.2, -0.15) is 0 Å². The minimum absolute atomic E-state index is 0.205. The zero-order chi connectivity index (χ0) is 7.84. The number of halogens is 1. The van der Waals surface area contributed by atoms with E-state index in [1.54, 1.807) is 0 Å². The summed E-state index contributed by atoms with van der Waals surface area (Å²) in [7, 11) is 0. The van der Waals surface area contributed by atoms with Gasteiger partial charge in [-0.1, -0.05) is 0 Å². The summed E-state index contributed by atoms with van der Waals surface area (Å²) < 4.78 is 1.87. The number of nitrogens with two attached hydrogens (primary N) is 1. The van der Waals surface area contributed by atoms with Gasteiger partial charge in [0.05, 0.1) is 0 Å². The van der Waals surface area contributed by atoms with E-state index in [1.165, 1.54) is 0 Å². The van der Waals surface area contributed by atoms with Gasteiger partial charge in [0.15, 0.2) is 0 Å². The third kappa shape index (κ3) is 1.12. The Morgan fingerprint density at radius 1 is 1.55 bits per heavy atom. The molecule has 2 heterocycles. The predicted octanol–water partition coefficient (Wildman–Crippen LogP) is 0.205. The van der Waals surface area contributed by atoms with Gasteiger partial charge in [-0.15, -0.1) is 10.2 Å². The summed E-state index contributed by atoms with van der Waals surface area (Å²) in [6.45, 7) is 0.751. The van der Waals surface area contributed by atoms with Gasteiger partial charge in [-0.05, 0) is 18.0 Å². The molecular weight excluding hydrogens is 164 g/mol. The Labute approximate surface area is 69.4 Å². The molecule has 60 valence electrons. The minimum Gasteiger partial charge on any atom is -0.326 e. The molecule has 0 fully saturated rings. The first-order valence-electron chi connectivity index (χ1n) is 3.60. The van der Waals surface area contributed by atoms with Crippen molar-refractivity contribution in [1.82, 2.24) is 14.8 Å². The van der Waals surface area contributed by atoms with Crippen molar-refractivity contribution in [1.29, 1.82) is 0 Å². The summed E-state index contributed by atoms with van der Waals surface area (Å²) in [6, 6.07) is 0.205. The molecule has 1 aromatic heterocycles. The van der Waals surface area contributed by atoms with Crippen LogP contribution in [0.3, 0.4) is 0 Å². The highest BCUT2D eigenvalue weighted by atomic mass is 35.5. The van der Waals surface area contributed by atoms with Crippen LogP contribution in [0.15, 0.2) is 0 Å². The van der Waals surface area contributed by atoms with Crippen LogP contribution in [-0.2, 0) is 13.0 Å². The maximum atomic E-state index is 5.76. The van der Waals surface area contributed by atoms with Crippen LogP contribution in [0.5, 0.6) is 0 Å². The van der Waals surface area contributed by atoms with Gasteiger partial charge < -0.3 is 10.3 Å². The Kier molecular flexibility index (Phi) is 1.58. The lowest BCUT2D eigenvalue weighted by Crippen LogP contribution is -2.31. The zero-order valence-electron chi connectivity index (χ0n) is 6.00. The summed E-state index contributed by atoms with van der Waals surface area (Å²) in [5.41, 5.74) is 5.74. The lowest BCUT2D eigenvalue weighted by molar-refractivity contribution is 0.454. The van der Waals surface area contributed by atoms with Crippen LogP contribution in [0.25, 0.3) is 0 Å². The summed E-state index contributed by atoms with van der Waals surface area (Å²) >= 11 is 5.76. The normalized spacial score (nSPS) is 23.3. The van der Waals surface area contributed by atoms with Gasteiger partial charge in [-0.3, -0.25) is 0 Å². The summed E-state index contributed by atoms with van der Waals surface area (Å²) in [5, 5.41) is 8.13. The molecule has 11 heavy (non-hydrogen) atoms. The Balaban J connectivity index is 2.37. The quantitative estimate of drug-likeness (QED) is 0.609. The van der Waals surface area contributed by atoms with Gasteiger partial charge in [0.1, 0.15) is 5.82 Å². The molecule has 0 saturated carbocycles. The van der Waals surface area contributed by atoms with E-state index in [0.717, 1.165) is 25.2 Å². The third-order valence-corrected chi connectivity index (χ3v) is 2.22. The predicted molar refractivity (Wildman–Crippen MR) is 41.3 cm³/mol. The molecule has 0 spiro atoms. The Bertz CT molecular complexity index is 270. The third-order valence-electron chi connectivity index (χ3n) is 1.94. The Morgan fingerprint density at radius 3 is 3.18 bits per heavy atom. The highest BCUT2D eigenvalue weighted by Gasteiger charge is 2.18. The molecule has 0 saturated heterocycles. The van der Waals surface area contributed by atoms with E-state index in [1.807, 2.05) is 4.57 Å². The molecule has 0 aliphatic carbocycles. The molecule has 5 heteroatoms. The maximum absolute atomic E-state index is 5.76. The van der Waals surface area contributed by atoms with Crippen molar-refractivity contribution in [2.24, 2.45) is 5.73 Å². The summed E-state index contributed by atoms with van der Waals surface area (Å²) in [6.07, 6.45) is 1.87. The molecule has 4 nitrogen and oxygen atoms in total. The van der Waals surface area contributed by atoms with Crippen LogP contribution >= 0.6 is 11.6 Å². The van der Waals surface area contributed by atoms with Crippen molar-refractivity contribution in [2.45, 2.75) is 25.4 Å². The fourth-order valence-electron chi connectivity index (χ4n) is 1.32. The van der Waals surface area contributed by atoms with Crippen molar-refractivity contribution in [2.75, 3.05) is 0 Å². The van der Waals surface area contributed by atoms with Gasteiger partial charge >= 0.3 is 0 Å². The van der Waals surface area contributed by atoms with E-state index >= 15 is 0 Å². The van der Waals surface area contributed by atoms with Gasteiger partial charge in [0.25, 0.3) is 0 Å². The number of nitrogens with zero attached hydrogens (tertiary/aromatic N) is 3. The molecule has 1 atom stereocenters. The average molecular weight is 173 g/mol. The molecule has 0 aromatic carbocycles. The van der Waals surface area contributed by atoms with Crippen LogP contribution in [0, 0.1) is 0 Å². The number of aromatic nitrogens is 3. The van der Waals surface area contributed by atoms with E-state index in [0.29, 0.717) is 5.28 Å². The van der Waals surface area contributed by atoms with Crippen LogP contribution < -0.4 is 5.73 Å². The number of aryl methyl sites for hydroxylation is 1. The van der Waals surface area contributed by atoms with Crippen LogP contribution in [-0.4, -0.2) is 20.8 Å². The van der Waals surface area contributed by atoms with Crippen LogP contribution in [0.1, 0.15) is 12.2 Å². The second-order valence-corrected chi connectivity index (χ2v) is 3.13. The highest BCUT2D eigenvalue weighted by Crippen LogP contribution is 2.16. The summed E-state index contributed by atoms with van der Waals surface area (Å²) in [5.74, 6) is 0.955. The molecule has 2 rings (SSSR count). The van der Waals surface area contributed by atoms with Crippen molar-refractivity contribution >= 4 is 11.6 Å². The number of hydrogen-bond acceptors (Lipinski definition) is 3. The second kappa shape index (κ2) is 2.46. The molecular formula is C6H9ClN4. The molecule has 1 aliphatic heterocycles. The fraction of sp³-hybridized carbons (Fsp3) is 0.667. The molecule has 0 radical (unpaired) electrons. The smallest absolute Gasteiger partial charge is 0.225 e. The number of fused-ring (bicyclic) bond motifs is 1. The Morgan fingerprint density at radius 2 is 2.36 bits per heavy atom. The molecule has 1 aromatic rings. The minimum atomic E-state index is 0.205. The van der Waals surface area contributed by atoms with Gasteiger partial charge in [0, 0.05) is 19.0 Å². The molecule has 1 aliphatic rings. The first kappa shape index (κ1) is 7.06. The van der Waals surface area contributed by atoms with E-state index in [4.69, 9.17) is 17.3 Å². The SMILES string of the molecule is NC1CCc2nnc(Cl)n2C1.